The zero-order valence-electron chi connectivity index (χ0n) is 10.1. The van der Waals surface area contributed by atoms with Crippen LogP contribution in [0.5, 0.6) is 0 Å². The van der Waals surface area contributed by atoms with E-state index in [2.05, 4.69) is 22.2 Å². The number of hydrogen-bond donors (Lipinski definition) is 1. The average molecular weight is 222 g/mol. The van der Waals surface area contributed by atoms with Crippen molar-refractivity contribution in [2.75, 3.05) is 23.8 Å². The lowest BCUT2D eigenvalue weighted by atomic mass is 10.2. The molecule has 0 saturated carbocycles. The van der Waals surface area contributed by atoms with Crippen molar-refractivity contribution in [2.45, 2.75) is 26.2 Å². The van der Waals surface area contributed by atoms with Crippen LogP contribution in [0, 0.1) is 0 Å². The van der Waals surface area contributed by atoms with E-state index < -0.39 is 0 Å². The van der Waals surface area contributed by atoms with E-state index >= 15 is 0 Å². The van der Waals surface area contributed by atoms with Crippen LogP contribution in [0.15, 0.2) is 0 Å². The van der Waals surface area contributed by atoms with Gasteiger partial charge in [-0.1, -0.05) is 13.3 Å². The molecule has 0 aromatic carbocycles. The van der Waals surface area contributed by atoms with Gasteiger partial charge < -0.3 is 10.2 Å². The van der Waals surface area contributed by atoms with Crippen molar-refractivity contribution in [3.63, 3.8) is 0 Å². The van der Waals surface area contributed by atoms with Crippen LogP contribution in [0.1, 0.15) is 25.5 Å². The highest BCUT2D eigenvalue weighted by molar-refractivity contribution is 5.96. The van der Waals surface area contributed by atoms with E-state index in [0.29, 0.717) is 6.42 Å². The summed E-state index contributed by atoms with van der Waals surface area (Å²) in [6, 6.07) is 0. The second kappa shape index (κ2) is 4.15. The Morgan fingerprint density at radius 3 is 2.88 bits per heavy atom. The van der Waals surface area contributed by atoms with Crippen LogP contribution in [-0.4, -0.2) is 29.3 Å². The van der Waals surface area contributed by atoms with E-state index in [-0.39, 0.29) is 5.91 Å². The first-order valence-corrected chi connectivity index (χ1v) is 5.70. The van der Waals surface area contributed by atoms with Crippen LogP contribution in [0.25, 0.3) is 0 Å². The number of fused-ring (bicyclic) bond motifs is 1. The summed E-state index contributed by atoms with van der Waals surface area (Å²) >= 11 is 0. The minimum absolute atomic E-state index is 0.0796. The van der Waals surface area contributed by atoms with Gasteiger partial charge in [0.05, 0.1) is 5.69 Å². The van der Waals surface area contributed by atoms with Gasteiger partial charge in [0.1, 0.15) is 5.69 Å². The molecule has 1 aromatic heterocycles. The Kier molecular flexibility index (Phi) is 2.85. The molecule has 2 rings (SSSR count). The van der Waals surface area contributed by atoms with Crippen molar-refractivity contribution in [1.29, 1.82) is 0 Å². The van der Waals surface area contributed by atoms with E-state index in [1.165, 1.54) is 0 Å². The number of aryl methyl sites for hydroxylation is 2. The van der Waals surface area contributed by atoms with Gasteiger partial charge >= 0.3 is 0 Å². The molecule has 1 aromatic rings. The molecule has 0 unspecified atom stereocenters. The lowest BCUT2D eigenvalue weighted by Crippen LogP contribution is -2.21. The van der Waals surface area contributed by atoms with Gasteiger partial charge in [-0.15, -0.1) is 0 Å². The van der Waals surface area contributed by atoms with Gasteiger partial charge in [-0.2, -0.15) is 5.10 Å². The number of amides is 1. The third kappa shape index (κ3) is 1.77. The molecule has 0 saturated heterocycles. The largest absolute Gasteiger partial charge is 0.358 e. The Morgan fingerprint density at radius 2 is 2.19 bits per heavy atom. The standard InChI is InChI=1S/C11H18N4O/c1-4-5-8-10-11(15(3)13-8)14(2)7-6-9(16)12-10/h4-7H2,1-3H3,(H,12,16). The van der Waals surface area contributed by atoms with Crippen LogP contribution in [0.4, 0.5) is 11.5 Å². The van der Waals surface area contributed by atoms with Crippen molar-refractivity contribution in [3.8, 4) is 0 Å². The molecular formula is C11H18N4O. The summed E-state index contributed by atoms with van der Waals surface area (Å²) in [7, 11) is 3.92. The third-order valence-electron chi connectivity index (χ3n) is 2.88. The Balaban J connectivity index is 2.46. The predicted molar refractivity (Wildman–Crippen MR) is 63.7 cm³/mol. The van der Waals surface area contributed by atoms with Crippen LogP contribution in [0.3, 0.4) is 0 Å². The summed E-state index contributed by atoms with van der Waals surface area (Å²) in [6.45, 7) is 2.85. The molecule has 0 bridgehead atoms. The maximum Gasteiger partial charge on any atom is 0.226 e. The molecule has 0 fully saturated rings. The molecule has 2 heterocycles. The van der Waals surface area contributed by atoms with Crippen LogP contribution < -0.4 is 10.2 Å². The smallest absolute Gasteiger partial charge is 0.226 e. The summed E-state index contributed by atoms with van der Waals surface area (Å²) in [4.78, 5) is 13.7. The highest BCUT2D eigenvalue weighted by Gasteiger charge is 2.23. The summed E-state index contributed by atoms with van der Waals surface area (Å²) in [5.74, 6) is 1.09. The molecule has 0 aliphatic carbocycles. The van der Waals surface area contributed by atoms with Crippen molar-refractivity contribution in [1.82, 2.24) is 9.78 Å². The van der Waals surface area contributed by atoms with Gasteiger partial charge in [0.15, 0.2) is 5.82 Å². The molecule has 5 nitrogen and oxygen atoms in total. The Labute approximate surface area is 95.4 Å². The Morgan fingerprint density at radius 1 is 1.44 bits per heavy atom. The summed E-state index contributed by atoms with van der Waals surface area (Å²) in [5, 5.41) is 7.43. The molecule has 88 valence electrons. The number of hydrogen-bond acceptors (Lipinski definition) is 3. The van der Waals surface area contributed by atoms with E-state index in [0.717, 1.165) is 36.6 Å². The van der Waals surface area contributed by atoms with Gasteiger partial charge in [-0.3, -0.25) is 9.48 Å². The lowest BCUT2D eigenvalue weighted by molar-refractivity contribution is -0.115. The fraction of sp³-hybridized carbons (Fsp3) is 0.636. The number of nitrogens with one attached hydrogen (secondary N) is 1. The minimum atomic E-state index is 0.0796. The maximum atomic E-state index is 11.6. The fourth-order valence-electron chi connectivity index (χ4n) is 2.12. The maximum absolute atomic E-state index is 11.6. The van der Waals surface area contributed by atoms with E-state index in [4.69, 9.17) is 0 Å². The van der Waals surface area contributed by atoms with E-state index in [9.17, 15) is 4.79 Å². The highest BCUT2D eigenvalue weighted by atomic mass is 16.1. The number of aromatic nitrogens is 2. The zero-order valence-corrected chi connectivity index (χ0v) is 10.1. The first-order valence-electron chi connectivity index (χ1n) is 5.70. The number of rotatable bonds is 2. The first-order chi connectivity index (χ1) is 7.63. The second-order valence-electron chi connectivity index (χ2n) is 4.24. The molecule has 16 heavy (non-hydrogen) atoms. The fourth-order valence-corrected chi connectivity index (χ4v) is 2.12. The minimum Gasteiger partial charge on any atom is -0.358 e. The Bertz CT molecular complexity index is 410. The normalized spacial score (nSPS) is 15.7. The molecule has 0 spiro atoms. The number of carbonyl (C=O) groups excluding carboxylic acids is 1. The molecule has 1 amide bonds. The topological polar surface area (TPSA) is 50.2 Å². The first kappa shape index (κ1) is 11.0. The molecule has 5 heteroatoms. The molecule has 0 radical (unpaired) electrons. The number of carbonyl (C=O) groups is 1. The quantitative estimate of drug-likeness (QED) is 0.816. The molecule has 1 N–H and O–H groups in total. The SMILES string of the molecule is CCCc1nn(C)c2c1NC(=O)CCN2C. The van der Waals surface area contributed by atoms with Crippen molar-refractivity contribution >= 4 is 17.4 Å². The average Bonchev–Trinajstić information content (AvgIpc) is 2.42. The van der Waals surface area contributed by atoms with Gasteiger partial charge in [-0.25, -0.2) is 0 Å². The molecular weight excluding hydrogens is 204 g/mol. The predicted octanol–water partition coefficient (Wildman–Crippen LogP) is 1.15. The van der Waals surface area contributed by atoms with Crippen molar-refractivity contribution in [2.24, 2.45) is 7.05 Å². The molecule has 0 atom stereocenters. The van der Waals surface area contributed by atoms with E-state index in [1.54, 1.807) is 0 Å². The third-order valence-corrected chi connectivity index (χ3v) is 2.88. The molecule has 1 aliphatic heterocycles. The van der Waals surface area contributed by atoms with Crippen molar-refractivity contribution < 1.29 is 4.79 Å². The summed E-state index contributed by atoms with van der Waals surface area (Å²) in [6.07, 6.45) is 2.47. The lowest BCUT2D eigenvalue weighted by Gasteiger charge is -2.16. The highest BCUT2D eigenvalue weighted by Crippen LogP contribution is 2.31. The monoisotopic (exact) mass is 222 g/mol. The zero-order chi connectivity index (χ0) is 11.7. The van der Waals surface area contributed by atoms with Gasteiger partial charge in [0.2, 0.25) is 5.91 Å². The van der Waals surface area contributed by atoms with Gasteiger partial charge in [0.25, 0.3) is 0 Å². The van der Waals surface area contributed by atoms with Crippen LogP contribution in [0.2, 0.25) is 0 Å². The second-order valence-corrected chi connectivity index (χ2v) is 4.24. The van der Waals surface area contributed by atoms with Crippen LogP contribution in [-0.2, 0) is 18.3 Å². The number of nitrogens with zero attached hydrogens (tertiary/aromatic N) is 3. The summed E-state index contributed by atoms with van der Waals surface area (Å²) in [5.41, 5.74) is 1.89. The van der Waals surface area contributed by atoms with Crippen molar-refractivity contribution in [3.05, 3.63) is 5.69 Å². The van der Waals surface area contributed by atoms with Gasteiger partial charge in [0, 0.05) is 27.1 Å². The van der Waals surface area contributed by atoms with E-state index in [1.807, 2.05) is 18.8 Å². The Hall–Kier alpha value is -1.52. The summed E-state index contributed by atoms with van der Waals surface area (Å²) < 4.78 is 1.85. The van der Waals surface area contributed by atoms with Crippen LogP contribution >= 0.6 is 0 Å². The van der Waals surface area contributed by atoms with Gasteiger partial charge in [-0.05, 0) is 6.42 Å². The molecule has 1 aliphatic rings. The number of anilines is 2.